The predicted octanol–water partition coefficient (Wildman–Crippen LogP) is 1.73. The van der Waals surface area contributed by atoms with Gasteiger partial charge in [0.25, 0.3) is 5.91 Å². The summed E-state index contributed by atoms with van der Waals surface area (Å²) in [5, 5.41) is 3.49. The fourth-order valence-electron chi connectivity index (χ4n) is 3.13. The second-order valence-electron chi connectivity index (χ2n) is 5.67. The Kier molecular flexibility index (Phi) is 4.60. The Morgan fingerprint density at radius 1 is 1.40 bits per heavy atom. The van der Waals surface area contributed by atoms with E-state index >= 15 is 0 Å². The van der Waals surface area contributed by atoms with E-state index in [2.05, 4.69) is 10.3 Å². The highest BCUT2D eigenvalue weighted by molar-refractivity contribution is 5.99. The molecule has 0 bridgehead atoms. The molecule has 0 saturated heterocycles. The first kappa shape index (κ1) is 14.8. The molecule has 2 unspecified atom stereocenters. The van der Waals surface area contributed by atoms with E-state index in [4.69, 9.17) is 11.5 Å². The van der Waals surface area contributed by atoms with Crippen LogP contribution in [0.25, 0.3) is 0 Å². The summed E-state index contributed by atoms with van der Waals surface area (Å²) in [7, 11) is 0. The van der Waals surface area contributed by atoms with E-state index in [9.17, 15) is 4.79 Å². The minimum absolute atomic E-state index is 0.313. The lowest BCUT2D eigenvalue weighted by Crippen LogP contribution is -2.37. The summed E-state index contributed by atoms with van der Waals surface area (Å²) in [5.74, 6) is 0.0239. The van der Waals surface area contributed by atoms with E-state index < -0.39 is 5.91 Å². The number of primary amides is 1. The van der Waals surface area contributed by atoms with Crippen LogP contribution < -0.4 is 16.8 Å². The van der Waals surface area contributed by atoms with Gasteiger partial charge in [-0.2, -0.15) is 0 Å². The largest absolute Gasteiger partial charge is 0.381 e. The summed E-state index contributed by atoms with van der Waals surface area (Å²) in [6.07, 6.45) is 4.66. The van der Waals surface area contributed by atoms with Crippen LogP contribution >= 0.6 is 0 Å². The number of nitrogens with zero attached hydrogens (tertiary/aromatic N) is 1. The van der Waals surface area contributed by atoms with Crippen LogP contribution in [0.5, 0.6) is 0 Å². The number of nitrogens with one attached hydrogen (secondary N) is 1. The van der Waals surface area contributed by atoms with Crippen molar-refractivity contribution in [3.63, 3.8) is 0 Å². The van der Waals surface area contributed by atoms with Gasteiger partial charge in [0.1, 0.15) is 0 Å². The number of aromatic nitrogens is 1. The molecule has 0 aromatic carbocycles. The summed E-state index contributed by atoms with van der Waals surface area (Å²) in [6, 6.07) is 2.21. The zero-order valence-corrected chi connectivity index (χ0v) is 12.3. The fraction of sp³-hybridized carbons (Fsp3) is 0.600. The molecule has 1 aromatic heterocycles. The molecule has 1 aromatic rings. The maximum Gasteiger partial charge on any atom is 0.252 e. The average Bonchev–Trinajstić information content (AvgIpc) is 2.38. The molecule has 1 aliphatic carbocycles. The molecule has 1 aliphatic rings. The van der Waals surface area contributed by atoms with Gasteiger partial charge in [0.05, 0.1) is 16.9 Å². The van der Waals surface area contributed by atoms with Gasteiger partial charge in [0.2, 0.25) is 0 Å². The monoisotopic (exact) mass is 276 g/mol. The Balaban J connectivity index is 2.30. The van der Waals surface area contributed by atoms with Gasteiger partial charge in [-0.1, -0.05) is 12.8 Å². The molecule has 1 heterocycles. The van der Waals surface area contributed by atoms with Crippen LogP contribution in [0.15, 0.2) is 6.07 Å². The highest BCUT2D eigenvalue weighted by atomic mass is 16.1. The number of hydrogen-bond donors (Lipinski definition) is 3. The molecule has 5 heteroatoms. The summed E-state index contributed by atoms with van der Waals surface area (Å²) >= 11 is 0. The zero-order valence-electron chi connectivity index (χ0n) is 12.3. The number of amides is 1. The quantitative estimate of drug-likeness (QED) is 0.780. The lowest BCUT2D eigenvalue weighted by Gasteiger charge is -2.32. The molecule has 2 atom stereocenters. The van der Waals surface area contributed by atoms with Gasteiger partial charge in [-0.3, -0.25) is 9.78 Å². The number of rotatable bonds is 4. The number of nitrogens with two attached hydrogens (primary N) is 2. The van der Waals surface area contributed by atoms with Crippen molar-refractivity contribution in [2.75, 3.05) is 11.9 Å². The molecular formula is C15H24N4O. The van der Waals surface area contributed by atoms with Crippen LogP contribution in [0.3, 0.4) is 0 Å². The van der Waals surface area contributed by atoms with E-state index in [0.717, 1.165) is 24.2 Å². The van der Waals surface area contributed by atoms with Gasteiger partial charge in [-0.15, -0.1) is 0 Å². The van der Waals surface area contributed by atoms with E-state index in [1.807, 2.05) is 19.9 Å². The molecule has 1 saturated carbocycles. The Labute approximate surface area is 120 Å². The van der Waals surface area contributed by atoms with Crippen molar-refractivity contribution in [2.45, 2.75) is 45.6 Å². The fourth-order valence-corrected chi connectivity index (χ4v) is 3.13. The van der Waals surface area contributed by atoms with Gasteiger partial charge in [0, 0.05) is 11.7 Å². The molecule has 5 N–H and O–H groups in total. The van der Waals surface area contributed by atoms with Crippen molar-refractivity contribution in [1.29, 1.82) is 0 Å². The van der Waals surface area contributed by atoms with Crippen molar-refractivity contribution in [1.82, 2.24) is 4.98 Å². The molecule has 2 rings (SSSR count). The maximum absolute atomic E-state index is 11.7. The van der Waals surface area contributed by atoms with Gasteiger partial charge in [-0.25, -0.2) is 0 Å². The molecule has 20 heavy (non-hydrogen) atoms. The Bertz CT molecular complexity index is 501. The van der Waals surface area contributed by atoms with E-state index in [1.165, 1.54) is 12.8 Å². The SMILES string of the molecule is Cc1cc(NC2CCCCC2CN)c(C(N)=O)c(C)n1. The van der Waals surface area contributed by atoms with Crippen LogP contribution in [0, 0.1) is 19.8 Å². The molecule has 110 valence electrons. The van der Waals surface area contributed by atoms with Crippen LogP contribution in [0.2, 0.25) is 0 Å². The predicted molar refractivity (Wildman–Crippen MR) is 80.7 cm³/mol. The first-order valence-electron chi connectivity index (χ1n) is 7.27. The van der Waals surface area contributed by atoms with Crippen molar-refractivity contribution < 1.29 is 4.79 Å². The molecule has 0 radical (unpaired) electrons. The van der Waals surface area contributed by atoms with Crippen LogP contribution in [0.4, 0.5) is 5.69 Å². The third-order valence-electron chi connectivity index (χ3n) is 4.13. The first-order chi connectivity index (χ1) is 9.52. The molecular weight excluding hydrogens is 252 g/mol. The molecule has 0 spiro atoms. The lowest BCUT2D eigenvalue weighted by molar-refractivity contribution is 0.1000. The Morgan fingerprint density at radius 2 is 2.10 bits per heavy atom. The van der Waals surface area contributed by atoms with Crippen molar-refractivity contribution in [3.8, 4) is 0 Å². The molecule has 5 nitrogen and oxygen atoms in total. The summed E-state index contributed by atoms with van der Waals surface area (Å²) in [6.45, 7) is 4.41. The van der Waals surface area contributed by atoms with Gasteiger partial charge in [-0.05, 0) is 45.2 Å². The number of carbonyl (C=O) groups is 1. The van der Waals surface area contributed by atoms with E-state index in [0.29, 0.717) is 29.8 Å². The summed E-state index contributed by atoms with van der Waals surface area (Å²) in [4.78, 5) is 16.0. The minimum Gasteiger partial charge on any atom is -0.381 e. The second-order valence-corrected chi connectivity index (χ2v) is 5.67. The highest BCUT2D eigenvalue weighted by Gasteiger charge is 2.25. The maximum atomic E-state index is 11.7. The van der Waals surface area contributed by atoms with Crippen molar-refractivity contribution in [3.05, 3.63) is 23.0 Å². The molecule has 1 fully saturated rings. The molecule has 0 aliphatic heterocycles. The summed E-state index contributed by atoms with van der Waals surface area (Å²) < 4.78 is 0. The number of aryl methyl sites for hydroxylation is 2. The number of pyridine rings is 1. The smallest absolute Gasteiger partial charge is 0.252 e. The molecule has 1 amide bonds. The van der Waals surface area contributed by atoms with Crippen LogP contribution in [-0.4, -0.2) is 23.5 Å². The third kappa shape index (κ3) is 3.10. The van der Waals surface area contributed by atoms with Gasteiger partial charge >= 0.3 is 0 Å². The van der Waals surface area contributed by atoms with E-state index in [1.54, 1.807) is 0 Å². The topological polar surface area (TPSA) is 94.0 Å². The third-order valence-corrected chi connectivity index (χ3v) is 4.13. The van der Waals surface area contributed by atoms with Crippen molar-refractivity contribution in [2.24, 2.45) is 17.4 Å². The minimum atomic E-state index is -0.433. The van der Waals surface area contributed by atoms with Crippen molar-refractivity contribution >= 4 is 11.6 Å². The second kappa shape index (κ2) is 6.22. The lowest BCUT2D eigenvalue weighted by atomic mass is 9.84. The normalized spacial score (nSPS) is 22.6. The number of hydrogen-bond acceptors (Lipinski definition) is 4. The number of carbonyl (C=O) groups excluding carboxylic acids is 1. The average molecular weight is 276 g/mol. The van der Waals surface area contributed by atoms with Crippen LogP contribution in [0.1, 0.15) is 47.4 Å². The van der Waals surface area contributed by atoms with Crippen LogP contribution in [-0.2, 0) is 0 Å². The first-order valence-corrected chi connectivity index (χ1v) is 7.27. The van der Waals surface area contributed by atoms with E-state index in [-0.39, 0.29) is 0 Å². The standard InChI is InChI=1S/C15H24N4O/c1-9-7-13(14(15(17)20)10(2)18-9)19-12-6-4-3-5-11(12)8-16/h7,11-12H,3-6,8,16H2,1-2H3,(H2,17,20)(H,18,19). The number of anilines is 1. The van der Waals surface area contributed by atoms with Gasteiger partial charge in [0.15, 0.2) is 0 Å². The Morgan fingerprint density at radius 3 is 2.75 bits per heavy atom. The van der Waals surface area contributed by atoms with Gasteiger partial charge < -0.3 is 16.8 Å². The highest BCUT2D eigenvalue weighted by Crippen LogP contribution is 2.28. The Hall–Kier alpha value is -1.62. The summed E-state index contributed by atoms with van der Waals surface area (Å²) in [5.41, 5.74) is 14.2. The zero-order chi connectivity index (χ0) is 14.7.